The molecule has 6 aromatic carbocycles. The first-order valence-electron chi connectivity index (χ1n) is 26.4. The number of hydrogen-bond donors (Lipinski definition) is 1. The van der Waals surface area contributed by atoms with Crippen LogP contribution in [-0.4, -0.2) is 131 Å². The molecule has 21 nitrogen and oxygen atoms in total. The number of ketones is 1. The van der Waals surface area contributed by atoms with E-state index < -0.39 is 18.5 Å². The molecule has 0 atom stereocenters. The molecule has 3 N–H and O–H groups in total. The third kappa shape index (κ3) is 45.9. The molecule has 6 aromatic rings. The van der Waals surface area contributed by atoms with Crippen LogP contribution in [0.1, 0.15) is 90.4 Å². The number of aromatic hydroxyl groups is 1. The molecule has 0 saturated carbocycles. The topological polar surface area (TPSA) is 323 Å². The van der Waals surface area contributed by atoms with Crippen LogP contribution in [0.25, 0.3) is 24.3 Å². The molecule has 0 radical (unpaired) electrons. The second kappa shape index (κ2) is 56.3. The molecule has 0 aromatic heterocycles. The number of rotatable bonds is 24. The zero-order valence-electron chi connectivity index (χ0n) is 51.5. The molecule has 0 aliphatic carbocycles. The normalized spacial score (nSPS) is 10.1. The largest absolute Gasteiger partial charge is 1.00 e. The molecule has 0 spiro atoms. The number of esters is 3. The molecule has 0 amide bonds. The van der Waals surface area contributed by atoms with Gasteiger partial charge in [-0.2, -0.15) is 0 Å². The van der Waals surface area contributed by atoms with Gasteiger partial charge in [0.05, 0.1) is 25.8 Å². The summed E-state index contributed by atoms with van der Waals surface area (Å²) in [5.74, 6) is 0.738. The van der Waals surface area contributed by atoms with Crippen LogP contribution >= 0.6 is 0 Å². The van der Waals surface area contributed by atoms with Crippen LogP contribution in [0, 0.1) is 0 Å². The van der Waals surface area contributed by atoms with Gasteiger partial charge in [0.15, 0.2) is 19.8 Å². The van der Waals surface area contributed by atoms with Crippen LogP contribution in [0.5, 0.6) is 34.5 Å². The standard InChI is InChI=1S/C22H24O6.C18H15O5.C11H12O4.C7H6O2.C4H8O.C3H6O.3Na.2H2O/c1-3-25-21(23)15-27-19-11-7-17(8-12-19)5-6-18-9-13-20(14-10-18)28-16-22(24)26-4-2;19-11-12-22-16-7-3-14(4-8-16)1-2-15-5-9-17(10-6-15)23-13-18(20)21;1-2-14-11(13)8-15-10-5-3-9(7-12)4-6-10;8-5-6-1-3-7(9)4-2-6;1-2-4-5-3-1;1-3(2)4;;;;;/h5-14H,3-4,15-16H2,1-2H3;1-10H,12-13H2,(H,20,21);3-7H,2,8H2,1H3;1-5,9H;1-4H2;1-2H3;;;;2*1H2/q;-1;;;;;3*+1;;/p-3/b6-5+;2-1+;;;;;;;;;. The predicted molar refractivity (Wildman–Crippen MR) is 317 cm³/mol. The van der Waals surface area contributed by atoms with Crippen molar-refractivity contribution in [1.29, 1.82) is 0 Å². The Kier molecular flexibility index (Phi) is 56.0. The van der Waals surface area contributed by atoms with Gasteiger partial charge in [-0.25, -0.2) is 20.7 Å². The number of carboxylic acid groups (broad SMARTS) is 1. The first kappa shape index (κ1) is 88.5. The number of hydrogen-bond acceptors (Lipinski definition) is 21. The fraction of sp³-hybridized carbons (Fsp3) is 0.262. The van der Waals surface area contributed by atoms with Gasteiger partial charge in [-0.3, -0.25) is 9.59 Å². The van der Waals surface area contributed by atoms with Gasteiger partial charge in [0, 0.05) is 24.3 Å². The summed E-state index contributed by atoms with van der Waals surface area (Å²) in [6, 6.07) is 41.6. The van der Waals surface area contributed by atoms with E-state index in [2.05, 4.69) is 4.74 Å². The van der Waals surface area contributed by atoms with Crippen molar-refractivity contribution in [2.45, 2.75) is 47.5 Å². The molecule has 0 unspecified atom stereocenters. The van der Waals surface area contributed by atoms with Gasteiger partial charge >= 0.3 is 107 Å². The number of aliphatic carboxylic acids is 1. The number of Topliss-reactive ketones (excluding diaryl/α,β-unsaturated/α-hetero) is 1. The molecule has 0 bridgehead atoms. The summed E-state index contributed by atoms with van der Waals surface area (Å²) in [6.07, 6.45) is 13.5. The molecule has 1 saturated heterocycles. The molecule has 1 aliphatic rings. The van der Waals surface area contributed by atoms with Crippen molar-refractivity contribution < 1.29 is 191 Å². The van der Waals surface area contributed by atoms with E-state index in [1.807, 2.05) is 72.8 Å². The number of carboxylic acids is 1. The van der Waals surface area contributed by atoms with Crippen molar-refractivity contribution in [2.24, 2.45) is 0 Å². The van der Waals surface area contributed by atoms with Gasteiger partial charge in [-0.05, 0) is 173 Å². The second-order valence-corrected chi connectivity index (χ2v) is 16.9. The summed E-state index contributed by atoms with van der Waals surface area (Å²) in [7, 11) is 0. The minimum atomic E-state index is -1.26. The summed E-state index contributed by atoms with van der Waals surface area (Å²) in [5.41, 5.74) is 5.05. The number of phenols is 1. The molecule has 1 fully saturated rings. The Bertz CT molecular complexity index is 2840. The van der Waals surface area contributed by atoms with Crippen molar-refractivity contribution in [2.75, 3.05) is 66.1 Å². The molecule has 462 valence electrons. The Morgan fingerprint density at radius 1 is 0.449 bits per heavy atom. The maximum absolute atomic E-state index is 11.3. The maximum atomic E-state index is 11.3. The first-order valence-corrected chi connectivity index (χ1v) is 26.4. The van der Waals surface area contributed by atoms with Gasteiger partial charge in [-0.15, -0.1) is 0 Å². The summed E-state index contributed by atoms with van der Waals surface area (Å²) in [4.78, 5) is 83.7. The van der Waals surface area contributed by atoms with Gasteiger partial charge < -0.3 is 78.2 Å². The molecule has 7 rings (SSSR count). The van der Waals surface area contributed by atoms with E-state index in [9.17, 15) is 43.5 Å². The Balaban J connectivity index is -0.000000531. The minimum Gasteiger partial charge on any atom is -0.870 e. The summed E-state index contributed by atoms with van der Waals surface area (Å²) >= 11 is 0. The third-order valence-corrected chi connectivity index (χ3v) is 9.97. The minimum absolute atomic E-state index is 0. The summed E-state index contributed by atoms with van der Waals surface area (Å²) < 4.78 is 45.2. The van der Waals surface area contributed by atoms with E-state index >= 15 is 0 Å². The van der Waals surface area contributed by atoms with E-state index in [1.165, 1.54) is 38.8 Å². The number of phenolic OH excluding ortho intramolecular Hbond substituents is 1. The van der Waals surface area contributed by atoms with Crippen molar-refractivity contribution in [3.63, 3.8) is 0 Å². The molecule has 1 aliphatic heterocycles. The Morgan fingerprint density at radius 2 is 0.697 bits per heavy atom. The number of carbonyl (C=O) groups is 7. The second-order valence-electron chi connectivity index (χ2n) is 16.9. The summed E-state index contributed by atoms with van der Waals surface area (Å²) in [6.45, 7) is 10.4. The predicted octanol–water partition coefficient (Wildman–Crippen LogP) is -0.0888. The van der Waals surface area contributed by atoms with Gasteiger partial charge in [-0.1, -0.05) is 72.8 Å². The van der Waals surface area contributed by atoms with Gasteiger partial charge in [0.1, 0.15) is 59.5 Å². The third-order valence-electron chi connectivity index (χ3n) is 9.97. The average molecular weight is 1260 g/mol. The van der Waals surface area contributed by atoms with Crippen molar-refractivity contribution in [1.82, 2.24) is 0 Å². The smallest absolute Gasteiger partial charge is 0.870 e. The molecule has 1 heterocycles. The summed E-state index contributed by atoms with van der Waals surface area (Å²) in [5, 5.41) is 19.0. The Morgan fingerprint density at radius 3 is 0.921 bits per heavy atom. The zero-order chi connectivity index (χ0) is 61.6. The maximum Gasteiger partial charge on any atom is 1.00 e. The van der Waals surface area contributed by atoms with Gasteiger partial charge in [0.25, 0.3) is 0 Å². The fourth-order valence-corrected chi connectivity index (χ4v) is 6.08. The zero-order valence-corrected chi connectivity index (χ0v) is 57.5. The van der Waals surface area contributed by atoms with Crippen LogP contribution in [0.15, 0.2) is 146 Å². The van der Waals surface area contributed by atoms with Crippen LogP contribution in [0.2, 0.25) is 0 Å². The molecular weight excluding hydrogens is 1190 g/mol. The average Bonchev–Trinajstić information content (AvgIpc) is 4.27. The van der Waals surface area contributed by atoms with E-state index in [4.69, 9.17) is 43.0 Å². The molecule has 24 heteroatoms. The molecular formula is C65H72Na3O21-. The van der Waals surface area contributed by atoms with Crippen molar-refractivity contribution >= 4 is 72.8 Å². The number of benzene rings is 6. The van der Waals surface area contributed by atoms with Crippen LogP contribution in [-0.2, 0) is 47.7 Å². The number of ether oxygens (including phenoxy) is 9. The van der Waals surface area contributed by atoms with Crippen LogP contribution in [0.4, 0.5) is 0 Å². The fourth-order valence-electron chi connectivity index (χ4n) is 6.08. The Hall–Kier alpha value is -6.96. The van der Waals surface area contributed by atoms with E-state index in [0.717, 1.165) is 48.0 Å². The quantitative estimate of drug-likeness (QED) is 0.0207. The van der Waals surface area contributed by atoms with Gasteiger partial charge in [0.2, 0.25) is 0 Å². The number of aldehydes is 2. The SMILES string of the molecule is C1CCOC1.CC(C)=O.CCOC(=O)COc1ccc(/C=C/c2ccc(OCC(=O)OCC)cc2)cc1.CCOC(=O)COc1ccc(C=O)cc1.O=Cc1ccc(O)cc1.O=[C-]COc1ccc(/C=C/c2ccc(OCC(=O)[O-])cc2)cc1.[Na+].[Na+].[Na+].[OH-].[OH-]. The first-order chi connectivity index (χ1) is 40.6. The van der Waals surface area contributed by atoms with E-state index in [0.29, 0.717) is 59.7 Å². The van der Waals surface area contributed by atoms with Crippen LogP contribution < -0.4 is 117 Å². The van der Waals surface area contributed by atoms with Crippen molar-refractivity contribution in [3.05, 3.63) is 179 Å². The monoisotopic (exact) mass is 1260 g/mol. The Labute approximate surface area is 585 Å². The van der Waals surface area contributed by atoms with Crippen LogP contribution in [0.3, 0.4) is 0 Å². The number of carbonyl (C=O) groups excluding carboxylic acids is 8. The van der Waals surface area contributed by atoms with E-state index in [-0.39, 0.29) is 150 Å². The van der Waals surface area contributed by atoms with E-state index in [1.54, 1.807) is 112 Å². The molecule has 89 heavy (non-hydrogen) atoms. The van der Waals surface area contributed by atoms with Crippen molar-refractivity contribution in [3.8, 4) is 34.5 Å².